The number of carbonyl (C=O) groups is 2. The van der Waals surface area contributed by atoms with E-state index in [1.54, 1.807) is 35.0 Å². The number of rotatable bonds is 4. The number of pyridine rings is 1. The third kappa shape index (κ3) is 4.44. The molecular weight excluding hydrogens is 466 g/mol. The zero-order valence-corrected chi connectivity index (χ0v) is 20.2. The van der Waals surface area contributed by atoms with Crippen molar-refractivity contribution in [3.8, 4) is 0 Å². The van der Waals surface area contributed by atoms with Crippen LogP contribution in [0.1, 0.15) is 12.5 Å². The highest BCUT2D eigenvalue weighted by atomic mass is 32.2. The Labute approximate surface area is 206 Å². The molecule has 0 saturated carbocycles. The van der Waals surface area contributed by atoms with Gasteiger partial charge in [-0.3, -0.25) is 14.5 Å². The van der Waals surface area contributed by atoms with Gasteiger partial charge in [0.25, 0.3) is 5.91 Å². The Balaban J connectivity index is 1.51. The molecule has 3 heterocycles. The van der Waals surface area contributed by atoms with Crippen molar-refractivity contribution in [2.45, 2.75) is 18.4 Å². The molecule has 170 valence electrons. The van der Waals surface area contributed by atoms with Crippen molar-refractivity contribution in [3.05, 3.63) is 88.4 Å². The molecular formula is C25H21N5O2S2. The molecule has 7 nitrogen and oxygen atoms in total. The number of benzene rings is 2. The normalized spacial score (nSPS) is 18.5. The molecule has 1 aromatic heterocycles. The molecule has 1 N–H and O–H groups in total. The van der Waals surface area contributed by atoms with Crippen LogP contribution in [0, 0.1) is 0 Å². The summed E-state index contributed by atoms with van der Waals surface area (Å²) in [6.07, 6.45) is 1.58. The minimum atomic E-state index is -0.187. The van der Waals surface area contributed by atoms with Crippen molar-refractivity contribution in [1.82, 2.24) is 9.88 Å². The Morgan fingerprint density at radius 2 is 1.79 bits per heavy atom. The van der Waals surface area contributed by atoms with Gasteiger partial charge in [-0.25, -0.2) is 9.98 Å². The molecule has 2 aliphatic heterocycles. The van der Waals surface area contributed by atoms with E-state index in [-0.39, 0.29) is 11.8 Å². The Hall–Kier alpha value is -3.56. The van der Waals surface area contributed by atoms with E-state index in [1.165, 1.54) is 18.7 Å². The number of carbonyl (C=O) groups excluding carboxylic acids is 2. The number of fused-ring (bicyclic) bond motifs is 1. The van der Waals surface area contributed by atoms with E-state index in [1.807, 2.05) is 49.5 Å². The molecule has 1 saturated heterocycles. The van der Waals surface area contributed by atoms with Crippen LogP contribution in [0.15, 0.2) is 92.7 Å². The van der Waals surface area contributed by atoms with Crippen LogP contribution in [-0.4, -0.2) is 33.9 Å². The van der Waals surface area contributed by atoms with Crippen molar-refractivity contribution in [3.63, 3.8) is 0 Å². The number of nitrogens with zero attached hydrogens (tertiary/aromatic N) is 4. The first kappa shape index (κ1) is 22.2. The van der Waals surface area contributed by atoms with Crippen LogP contribution in [0.4, 0.5) is 17.2 Å². The number of hydrogen-bond donors (Lipinski definition) is 1. The number of hydrogen-bond acceptors (Lipinski definition) is 7. The predicted octanol–water partition coefficient (Wildman–Crippen LogP) is 5.21. The smallest absolute Gasteiger partial charge is 0.269 e. The first-order valence-electron chi connectivity index (χ1n) is 10.6. The third-order valence-corrected chi connectivity index (χ3v) is 7.69. The monoisotopic (exact) mass is 487 g/mol. The minimum absolute atomic E-state index is 0.0717. The fraction of sp³-hybridized carbons (Fsp3) is 0.120. The summed E-state index contributed by atoms with van der Waals surface area (Å²) in [5, 5.41) is 4.14. The number of aliphatic imine (C=N–C) groups is 1. The maximum Gasteiger partial charge on any atom is 0.269 e. The van der Waals surface area contributed by atoms with Gasteiger partial charge in [-0.1, -0.05) is 54.2 Å². The van der Waals surface area contributed by atoms with Gasteiger partial charge in [0, 0.05) is 18.9 Å². The van der Waals surface area contributed by atoms with E-state index in [4.69, 9.17) is 4.99 Å². The van der Waals surface area contributed by atoms with E-state index in [0.717, 1.165) is 21.2 Å². The van der Waals surface area contributed by atoms with Crippen molar-refractivity contribution in [1.29, 1.82) is 0 Å². The number of aromatic nitrogens is 1. The van der Waals surface area contributed by atoms with Gasteiger partial charge in [-0.15, -0.1) is 0 Å². The zero-order chi connectivity index (χ0) is 23.7. The van der Waals surface area contributed by atoms with Crippen molar-refractivity contribution < 1.29 is 9.59 Å². The first-order valence-corrected chi connectivity index (χ1v) is 12.2. The molecule has 2 amide bonds. The lowest BCUT2D eigenvalue weighted by Gasteiger charge is -2.16. The minimum Gasteiger partial charge on any atom is -0.337 e. The predicted molar refractivity (Wildman–Crippen MR) is 138 cm³/mol. The van der Waals surface area contributed by atoms with E-state index < -0.39 is 0 Å². The molecule has 0 aliphatic carbocycles. The number of anilines is 2. The van der Waals surface area contributed by atoms with Crippen molar-refractivity contribution >= 4 is 57.7 Å². The summed E-state index contributed by atoms with van der Waals surface area (Å²) in [7, 11) is 1.98. The number of para-hydroxylation sites is 1. The summed E-state index contributed by atoms with van der Waals surface area (Å²) >= 11 is 2.97. The molecule has 34 heavy (non-hydrogen) atoms. The van der Waals surface area contributed by atoms with Gasteiger partial charge >= 0.3 is 0 Å². The molecule has 2 aromatic carbocycles. The van der Waals surface area contributed by atoms with Gasteiger partial charge in [-0.05, 0) is 41.6 Å². The van der Waals surface area contributed by atoms with Crippen LogP contribution in [-0.2, 0) is 16.1 Å². The van der Waals surface area contributed by atoms with Gasteiger partial charge in [0.1, 0.15) is 10.7 Å². The fourth-order valence-electron chi connectivity index (χ4n) is 3.64. The summed E-state index contributed by atoms with van der Waals surface area (Å²) in [6, 6.07) is 21.5. The molecule has 0 spiro atoms. The highest BCUT2D eigenvalue weighted by Gasteiger charge is 2.39. The molecule has 1 fully saturated rings. The summed E-state index contributed by atoms with van der Waals surface area (Å²) < 4.78 is 0. The molecule has 3 aromatic rings. The topological polar surface area (TPSA) is 77.9 Å². The summed E-state index contributed by atoms with van der Waals surface area (Å²) in [5.74, 6) is 0.197. The SMILES string of the molecule is CC(=O)Nc1ccc(N=C2SC(=C3Sc4ccccc4N3C)C(=O)N2Cc2ccccc2)cn1. The average Bonchev–Trinajstić information content (AvgIpc) is 3.32. The van der Waals surface area contributed by atoms with E-state index in [2.05, 4.69) is 27.3 Å². The summed E-state index contributed by atoms with van der Waals surface area (Å²) in [4.78, 5) is 39.4. The molecule has 0 unspecified atom stereocenters. The maximum atomic E-state index is 13.6. The average molecular weight is 488 g/mol. The molecule has 0 radical (unpaired) electrons. The zero-order valence-electron chi connectivity index (χ0n) is 18.6. The Morgan fingerprint density at radius 1 is 1.03 bits per heavy atom. The Kier molecular flexibility index (Phi) is 6.12. The van der Waals surface area contributed by atoms with Crippen LogP contribution < -0.4 is 10.2 Å². The van der Waals surface area contributed by atoms with E-state index >= 15 is 0 Å². The molecule has 9 heteroatoms. The first-order chi connectivity index (χ1) is 16.5. The van der Waals surface area contributed by atoms with Crippen LogP contribution in [0.2, 0.25) is 0 Å². The van der Waals surface area contributed by atoms with Gasteiger partial charge in [0.15, 0.2) is 5.17 Å². The molecule has 2 aliphatic rings. The van der Waals surface area contributed by atoms with E-state index in [0.29, 0.717) is 28.1 Å². The summed E-state index contributed by atoms with van der Waals surface area (Å²) in [5.41, 5.74) is 2.70. The summed E-state index contributed by atoms with van der Waals surface area (Å²) in [6.45, 7) is 1.85. The maximum absolute atomic E-state index is 13.6. The third-order valence-electron chi connectivity index (χ3n) is 5.26. The van der Waals surface area contributed by atoms with E-state index in [9.17, 15) is 9.59 Å². The van der Waals surface area contributed by atoms with Gasteiger partial charge in [0.05, 0.1) is 29.1 Å². The second kappa shape index (κ2) is 9.36. The second-order valence-electron chi connectivity index (χ2n) is 7.72. The standard InChI is InChI=1S/C25H21N5O2S2/c1-16(31)27-21-13-12-18(14-26-21)28-25-30(15-17-8-4-3-5-9-17)23(32)22(34-25)24-29(2)19-10-6-7-11-20(19)33-24/h3-14H,15H2,1-2H3,(H,26,27,31). The number of nitrogens with one attached hydrogen (secondary N) is 1. The molecule has 5 rings (SSSR count). The lowest BCUT2D eigenvalue weighted by molar-refractivity contribution is -0.122. The Morgan fingerprint density at radius 3 is 2.50 bits per heavy atom. The number of amidine groups is 1. The quantitative estimate of drug-likeness (QED) is 0.509. The molecule has 0 bridgehead atoms. The largest absolute Gasteiger partial charge is 0.337 e. The number of amides is 2. The second-order valence-corrected chi connectivity index (χ2v) is 9.73. The van der Waals surface area contributed by atoms with Crippen LogP contribution in [0.5, 0.6) is 0 Å². The highest BCUT2D eigenvalue weighted by Crippen LogP contribution is 2.50. The van der Waals surface area contributed by atoms with Crippen LogP contribution in [0.3, 0.4) is 0 Å². The van der Waals surface area contributed by atoms with Crippen molar-refractivity contribution in [2.75, 3.05) is 17.3 Å². The lowest BCUT2D eigenvalue weighted by Crippen LogP contribution is -2.29. The lowest BCUT2D eigenvalue weighted by atomic mass is 10.2. The van der Waals surface area contributed by atoms with Crippen LogP contribution >= 0.6 is 23.5 Å². The Bertz CT molecular complexity index is 1320. The molecule has 0 atom stereocenters. The highest BCUT2D eigenvalue weighted by molar-refractivity contribution is 8.19. The fourth-order valence-corrected chi connectivity index (χ4v) is 5.98. The van der Waals surface area contributed by atoms with Crippen LogP contribution in [0.25, 0.3) is 0 Å². The van der Waals surface area contributed by atoms with Crippen molar-refractivity contribution in [2.24, 2.45) is 4.99 Å². The van der Waals surface area contributed by atoms with Gasteiger partial charge in [0.2, 0.25) is 5.91 Å². The van der Waals surface area contributed by atoms with Gasteiger partial charge in [-0.2, -0.15) is 0 Å². The van der Waals surface area contributed by atoms with Gasteiger partial charge < -0.3 is 10.2 Å². The number of thioether (sulfide) groups is 2.